The molecule has 0 radical (unpaired) electrons. The van der Waals surface area contributed by atoms with E-state index in [4.69, 9.17) is 14.2 Å². The van der Waals surface area contributed by atoms with E-state index in [1.165, 1.54) is 7.11 Å². The van der Waals surface area contributed by atoms with Crippen molar-refractivity contribution in [2.75, 3.05) is 20.8 Å². The minimum absolute atomic E-state index is 0.199. The van der Waals surface area contributed by atoms with E-state index in [-0.39, 0.29) is 24.9 Å². The number of carbonyl (C=O) groups excluding carboxylic acids is 1. The van der Waals surface area contributed by atoms with Gasteiger partial charge in [0.05, 0.1) is 33.4 Å². The van der Waals surface area contributed by atoms with Gasteiger partial charge in [-0.15, -0.1) is 0 Å². The summed E-state index contributed by atoms with van der Waals surface area (Å²) in [6, 6.07) is 5.20. The number of ether oxygens (including phenoxy) is 3. The van der Waals surface area contributed by atoms with Gasteiger partial charge in [-0.05, 0) is 17.7 Å². The molecule has 2 rings (SSSR count). The molecule has 0 spiro atoms. The smallest absolute Gasteiger partial charge is 0.306 e. The van der Waals surface area contributed by atoms with E-state index in [1.54, 1.807) is 25.3 Å². The summed E-state index contributed by atoms with van der Waals surface area (Å²) in [6.07, 6.45) is -0.494. The molecule has 0 saturated carbocycles. The van der Waals surface area contributed by atoms with Crippen LogP contribution in [0.2, 0.25) is 0 Å². The SMILES string of the molecule is COc1ccc([C@@H](O)[C@H]2COC(=O)C2)cc1OC. The molecule has 0 bridgehead atoms. The Labute approximate surface area is 105 Å². The van der Waals surface area contributed by atoms with Gasteiger partial charge in [0.1, 0.15) is 0 Å². The van der Waals surface area contributed by atoms with E-state index in [2.05, 4.69) is 0 Å². The zero-order valence-electron chi connectivity index (χ0n) is 10.4. The Morgan fingerprint density at radius 3 is 2.61 bits per heavy atom. The number of methoxy groups -OCH3 is 2. The molecule has 1 aromatic carbocycles. The molecule has 1 fully saturated rings. The van der Waals surface area contributed by atoms with Crippen LogP contribution in [0.15, 0.2) is 18.2 Å². The molecular formula is C13H16O5. The molecule has 0 aromatic heterocycles. The van der Waals surface area contributed by atoms with Crippen molar-refractivity contribution in [3.05, 3.63) is 23.8 Å². The number of aliphatic hydroxyl groups excluding tert-OH is 1. The van der Waals surface area contributed by atoms with Gasteiger partial charge >= 0.3 is 5.97 Å². The molecule has 5 heteroatoms. The van der Waals surface area contributed by atoms with E-state index < -0.39 is 6.10 Å². The van der Waals surface area contributed by atoms with Crippen LogP contribution in [0, 0.1) is 5.92 Å². The average molecular weight is 252 g/mol. The normalized spacial score (nSPS) is 20.4. The molecule has 1 aromatic rings. The zero-order chi connectivity index (χ0) is 13.1. The Bertz CT molecular complexity index is 443. The number of esters is 1. The van der Waals surface area contributed by atoms with E-state index in [1.807, 2.05) is 0 Å². The first kappa shape index (κ1) is 12.7. The second kappa shape index (κ2) is 5.27. The van der Waals surface area contributed by atoms with E-state index in [0.29, 0.717) is 17.1 Å². The van der Waals surface area contributed by atoms with Gasteiger partial charge < -0.3 is 19.3 Å². The summed E-state index contributed by atoms with van der Waals surface area (Å²) in [5.74, 6) is 0.696. The Hall–Kier alpha value is -1.75. The molecule has 1 aliphatic rings. The van der Waals surface area contributed by atoms with Gasteiger partial charge in [0, 0.05) is 5.92 Å². The van der Waals surface area contributed by atoms with Crippen LogP contribution < -0.4 is 9.47 Å². The highest BCUT2D eigenvalue weighted by Gasteiger charge is 2.31. The van der Waals surface area contributed by atoms with Crippen LogP contribution >= 0.6 is 0 Å². The molecule has 0 aliphatic carbocycles. The summed E-state index contributed by atoms with van der Waals surface area (Å²) < 4.78 is 15.2. The number of rotatable bonds is 4. The van der Waals surface area contributed by atoms with Crippen LogP contribution in [0.5, 0.6) is 11.5 Å². The van der Waals surface area contributed by atoms with Gasteiger partial charge in [-0.25, -0.2) is 0 Å². The molecule has 1 heterocycles. The highest BCUT2D eigenvalue weighted by atomic mass is 16.5. The van der Waals surface area contributed by atoms with E-state index >= 15 is 0 Å². The van der Waals surface area contributed by atoms with E-state index in [0.717, 1.165) is 0 Å². The number of hydrogen-bond donors (Lipinski definition) is 1. The Kier molecular flexibility index (Phi) is 3.72. The fourth-order valence-corrected chi connectivity index (χ4v) is 2.04. The maximum absolute atomic E-state index is 11.0. The first-order chi connectivity index (χ1) is 8.65. The first-order valence-corrected chi connectivity index (χ1v) is 5.71. The molecular weight excluding hydrogens is 236 g/mol. The maximum atomic E-state index is 11.0. The summed E-state index contributed by atoms with van der Waals surface area (Å²) >= 11 is 0. The predicted octanol–water partition coefficient (Wildman–Crippen LogP) is 1.30. The lowest BCUT2D eigenvalue weighted by Gasteiger charge is -2.17. The molecule has 18 heavy (non-hydrogen) atoms. The van der Waals surface area contributed by atoms with Crippen LogP contribution in [-0.4, -0.2) is 31.9 Å². The third-order valence-corrected chi connectivity index (χ3v) is 3.08. The number of hydrogen-bond acceptors (Lipinski definition) is 5. The van der Waals surface area contributed by atoms with Gasteiger partial charge in [-0.1, -0.05) is 6.07 Å². The second-order valence-corrected chi connectivity index (χ2v) is 4.21. The number of aliphatic hydroxyl groups is 1. The van der Waals surface area contributed by atoms with Crippen molar-refractivity contribution in [3.63, 3.8) is 0 Å². The monoisotopic (exact) mass is 252 g/mol. The van der Waals surface area contributed by atoms with Gasteiger partial charge in [-0.2, -0.15) is 0 Å². The van der Waals surface area contributed by atoms with Crippen LogP contribution in [0.4, 0.5) is 0 Å². The molecule has 1 N–H and O–H groups in total. The van der Waals surface area contributed by atoms with Crippen molar-refractivity contribution in [1.29, 1.82) is 0 Å². The van der Waals surface area contributed by atoms with Crippen LogP contribution in [0.25, 0.3) is 0 Å². The minimum Gasteiger partial charge on any atom is -0.493 e. The standard InChI is InChI=1S/C13H16O5/c1-16-10-4-3-8(5-11(10)17-2)13(15)9-6-12(14)18-7-9/h3-5,9,13,15H,6-7H2,1-2H3/t9-,13-/m1/s1. The molecule has 5 nitrogen and oxygen atoms in total. The summed E-state index contributed by atoms with van der Waals surface area (Å²) in [5.41, 5.74) is 0.691. The Balaban J connectivity index is 2.20. The molecule has 1 saturated heterocycles. The summed E-state index contributed by atoms with van der Waals surface area (Å²) in [6.45, 7) is 0.258. The topological polar surface area (TPSA) is 65.0 Å². The number of benzene rings is 1. The first-order valence-electron chi connectivity index (χ1n) is 5.71. The van der Waals surface area contributed by atoms with Crippen molar-refractivity contribution < 1.29 is 24.1 Å². The molecule has 0 amide bonds. The van der Waals surface area contributed by atoms with Crippen molar-refractivity contribution in [1.82, 2.24) is 0 Å². The lowest BCUT2D eigenvalue weighted by molar-refractivity contribution is -0.137. The fourth-order valence-electron chi connectivity index (χ4n) is 2.04. The van der Waals surface area contributed by atoms with Gasteiger partial charge in [0.25, 0.3) is 0 Å². The third kappa shape index (κ3) is 2.41. The Morgan fingerprint density at radius 1 is 1.33 bits per heavy atom. The van der Waals surface area contributed by atoms with Crippen molar-refractivity contribution in [2.24, 2.45) is 5.92 Å². The van der Waals surface area contributed by atoms with Crippen molar-refractivity contribution in [3.8, 4) is 11.5 Å². The minimum atomic E-state index is -0.740. The largest absolute Gasteiger partial charge is 0.493 e. The van der Waals surface area contributed by atoms with Gasteiger partial charge in [0.2, 0.25) is 0 Å². The fraction of sp³-hybridized carbons (Fsp3) is 0.462. The highest BCUT2D eigenvalue weighted by molar-refractivity contribution is 5.71. The molecule has 98 valence electrons. The van der Waals surface area contributed by atoms with Crippen LogP contribution in [0.1, 0.15) is 18.1 Å². The highest BCUT2D eigenvalue weighted by Crippen LogP contribution is 2.34. The summed E-state index contributed by atoms with van der Waals surface area (Å²) in [4.78, 5) is 11.0. The van der Waals surface area contributed by atoms with Crippen molar-refractivity contribution >= 4 is 5.97 Å². The van der Waals surface area contributed by atoms with E-state index in [9.17, 15) is 9.90 Å². The second-order valence-electron chi connectivity index (χ2n) is 4.21. The van der Waals surface area contributed by atoms with Crippen LogP contribution in [0.3, 0.4) is 0 Å². The summed E-state index contributed by atoms with van der Waals surface area (Å²) in [5, 5.41) is 10.2. The predicted molar refractivity (Wildman–Crippen MR) is 63.6 cm³/mol. The molecule has 1 aliphatic heterocycles. The summed E-state index contributed by atoms with van der Waals surface area (Å²) in [7, 11) is 3.09. The quantitative estimate of drug-likeness (QED) is 0.818. The van der Waals surface area contributed by atoms with Crippen LogP contribution in [-0.2, 0) is 9.53 Å². The number of cyclic esters (lactones) is 1. The Morgan fingerprint density at radius 2 is 2.06 bits per heavy atom. The zero-order valence-corrected chi connectivity index (χ0v) is 10.4. The van der Waals surface area contributed by atoms with Gasteiger partial charge in [0.15, 0.2) is 11.5 Å². The maximum Gasteiger partial charge on any atom is 0.306 e. The average Bonchev–Trinajstić information content (AvgIpc) is 2.83. The molecule has 2 atom stereocenters. The lowest BCUT2D eigenvalue weighted by atomic mass is 9.95. The molecule has 0 unspecified atom stereocenters. The van der Waals surface area contributed by atoms with Gasteiger partial charge in [-0.3, -0.25) is 4.79 Å². The van der Waals surface area contributed by atoms with Crippen molar-refractivity contribution in [2.45, 2.75) is 12.5 Å². The lowest BCUT2D eigenvalue weighted by Crippen LogP contribution is -2.12. The number of carbonyl (C=O) groups is 1. The third-order valence-electron chi connectivity index (χ3n) is 3.08.